The third kappa shape index (κ3) is 6.02. The lowest BCUT2D eigenvalue weighted by atomic mass is 10.1. The highest BCUT2D eigenvalue weighted by atomic mass is 35.5. The molecule has 1 amide bonds. The highest BCUT2D eigenvalue weighted by molar-refractivity contribution is 7.80. The minimum atomic E-state index is -0.208. The van der Waals surface area contributed by atoms with E-state index in [1.165, 1.54) is 0 Å². The molecule has 0 spiro atoms. The molecule has 184 valence electrons. The number of thiocarbonyl (C=S) groups is 1. The second kappa shape index (κ2) is 11.2. The summed E-state index contributed by atoms with van der Waals surface area (Å²) in [5.41, 5.74) is 3.31. The van der Waals surface area contributed by atoms with Crippen molar-refractivity contribution in [2.24, 2.45) is 0 Å². The van der Waals surface area contributed by atoms with Crippen LogP contribution < -0.4 is 24.8 Å². The largest absolute Gasteiger partial charge is 0.493 e. The van der Waals surface area contributed by atoms with Crippen LogP contribution >= 0.6 is 23.8 Å². The van der Waals surface area contributed by atoms with Crippen molar-refractivity contribution in [2.45, 2.75) is 13.3 Å². The van der Waals surface area contributed by atoms with Gasteiger partial charge in [-0.05, 0) is 55.0 Å². The summed E-state index contributed by atoms with van der Waals surface area (Å²) < 4.78 is 16.9. The van der Waals surface area contributed by atoms with Crippen LogP contribution in [0, 0.1) is 6.92 Å². The van der Waals surface area contributed by atoms with E-state index in [1.54, 1.807) is 56.8 Å². The smallest absolute Gasteiger partial charge is 0.230 e. The Balaban J connectivity index is 1.44. The fourth-order valence-corrected chi connectivity index (χ4v) is 4.11. The summed E-state index contributed by atoms with van der Waals surface area (Å²) in [6, 6.07) is 18.2. The Morgan fingerprint density at radius 1 is 0.972 bits per heavy atom. The quantitative estimate of drug-likeness (QED) is 0.286. The molecule has 4 aromatic rings. The molecule has 0 radical (unpaired) electrons. The summed E-state index contributed by atoms with van der Waals surface area (Å²) in [7, 11) is 3.14. The van der Waals surface area contributed by atoms with Gasteiger partial charge in [0.15, 0.2) is 16.6 Å². The number of fused-ring (bicyclic) bond motifs is 1. The molecule has 3 aromatic carbocycles. The summed E-state index contributed by atoms with van der Waals surface area (Å²) >= 11 is 11.8. The van der Waals surface area contributed by atoms with Crippen molar-refractivity contribution in [1.29, 1.82) is 0 Å². The molecule has 0 unspecified atom stereocenters. The van der Waals surface area contributed by atoms with Gasteiger partial charge in [0.1, 0.15) is 11.5 Å². The van der Waals surface area contributed by atoms with Crippen molar-refractivity contribution in [3.05, 3.63) is 83.0 Å². The van der Waals surface area contributed by atoms with Crippen LogP contribution in [-0.2, 0) is 11.2 Å². The molecule has 4 rings (SSSR count). The van der Waals surface area contributed by atoms with Gasteiger partial charge in [-0.25, -0.2) is 0 Å². The Bertz CT molecular complexity index is 1440. The number of carbonyl (C=O) groups excluding carboxylic acids is 1. The molecule has 0 aliphatic carbocycles. The van der Waals surface area contributed by atoms with Crippen molar-refractivity contribution in [2.75, 3.05) is 19.5 Å². The van der Waals surface area contributed by atoms with E-state index in [0.29, 0.717) is 39.2 Å². The number of hydrogen-bond donors (Lipinski definition) is 2. The summed E-state index contributed by atoms with van der Waals surface area (Å²) in [5.74, 6) is 1.93. The van der Waals surface area contributed by atoms with Crippen LogP contribution in [-0.4, -0.2) is 30.2 Å². The summed E-state index contributed by atoms with van der Waals surface area (Å²) in [4.78, 5) is 16.7. The van der Waals surface area contributed by atoms with Crippen LogP contribution in [0.15, 0.2) is 66.9 Å². The number of ether oxygens (including phenoxy) is 3. The van der Waals surface area contributed by atoms with Crippen molar-refractivity contribution in [1.82, 2.24) is 10.3 Å². The summed E-state index contributed by atoms with van der Waals surface area (Å²) in [6.45, 7) is 1.98. The second-order valence-electron chi connectivity index (χ2n) is 7.95. The van der Waals surface area contributed by atoms with E-state index >= 15 is 0 Å². The molecule has 7 nitrogen and oxygen atoms in total. The normalized spacial score (nSPS) is 10.6. The lowest BCUT2D eigenvalue weighted by molar-refractivity contribution is -0.119. The third-order valence-electron chi connectivity index (χ3n) is 5.32. The predicted molar refractivity (Wildman–Crippen MR) is 146 cm³/mol. The fraction of sp³-hybridized carbons (Fsp3) is 0.148. The zero-order valence-corrected chi connectivity index (χ0v) is 21.5. The number of nitrogens with zero attached hydrogens (tertiary/aromatic N) is 1. The van der Waals surface area contributed by atoms with Gasteiger partial charge < -0.3 is 24.8 Å². The van der Waals surface area contributed by atoms with E-state index in [1.807, 2.05) is 31.2 Å². The van der Waals surface area contributed by atoms with Gasteiger partial charge >= 0.3 is 0 Å². The molecule has 9 heteroatoms. The number of carbonyl (C=O) groups is 1. The number of methoxy groups -OCH3 is 2. The van der Waals surface area contributed by atoms with Crippen molar-refractivity contribution >= 4 is 51.4 Å². The molecule has 1 heterocycles. The SMILES string of the molecule is COc1cc2nccc(Oc3ccc(NC(=S)NC(=O)Cc4cccc(C)c4)cc3Cl)c2cc1OC. The van der Waals surface area contributed by atoms with E-state index < -0.39 is 0 Å². The van der Waals surface area contributed by atoms with Crippen molar-refractivity contribution in [3.63, 3.8) is 0 Å². The molecular formula is C27H24ClN3O4S. The number of halogens is 1. The molecule has 2 N–H and O–H groups in total. The standard InChI is InChI=1S/C27H24ClN3O4S/c1-16-5-4-6-17(11-16)12-26(32)31-27(36)30-18-7-8-23(20(28)13-18)35-22-9-10-29-21-15-25(34-3)24(33-2)14-19(21)22/h4-11,13-15H,12H2,1-3H3,(H2,30,31,32,36). The Hall–Kier alpha value is -3.88. The van der Waals surface area contributed by atoms with Crippen LogP contribution in [0.25, 0.3) is 10.9 Å². The topological polar surface area (TPSA) is 81.7 Å². The molecule has 0 bridgehead atoms. The molecule has 0 fully saturated rings. The first-order chi connectivity index (χ1) is 17.4. The minimum Gasteiger partial charge on any atom is -0.493 e. The van der Waals surface area contributed by atoms with Crippen LogP contribution in [0.4, 0.5) is 5.69 Å². The second-order valence-corrected chi connectivity index (χ2v) is 8.76. The first-order valence-electron chi connectivity index (χ1n) is 11.0. The van der Waals surface area contributed by atoms with Gasteiger partial charge in [-0.1, -0.05) is 41.4 Å². The van der Waals surface area contributed by atoms with Crippen molar-refractivity contribution in [3.8, 4) is 23.0 Å². The van der Waals surface area contributed by atoms with Gasteiger partial charge in [0.2, 0.25) is 5.91 Å². The Kier molecular flexibility index (Phi) is 7.87. The number of aryl methyl sites for hydroxylation is 1. The average Bonchev–Trinajstić information content (AvgIpc) is 2.84. The van der Waals surface area contributed by atoms with Crippen LogP contribution in [0.5, 0.6) is 23.0 Å². The number of hydrogen-bond acceptors (Lipinski definition) is 6. The maximum Gasteiger partial charge on any atom is 0.230 e. The van der Waals surface area contributed by atoms with Gasteiger partial charge in [-0.2, -0.15) is 0 Å². The highest BCUT2D eigenvalue weighted by Gasteiger charge is 2.13. The molecule has 0 aliphatic heterocycles. The number of anilines is 1. The molecule has 0 aliphatic rings. The maximum atomic E-state index is 12.3. The Morgan fingerprint density at radius 3 is 2.47 bits per heavy atom. The lowest BCUT2D eigenvalue weighted by Gasteiger charge is -2.14. The minimum absolute atomic E-state index is 0.179. The molecule has 0 saturated heterocycles. The van der Waals surface area contributed by atoms with E-state index in [4.69, 9.17) is 38.0 Å². The van der Waals surface area contributed by atoms with E-state index in [0.717, 1.165) is 16.5 Å². The first kappa shape index (κ1) is 25.2. The lowest BCUT2D eigenvalue weighted by Crippen LogP contribution is -2.35. The fourth-order valence-electron chi connectivity index (χ4n) is 3.66. The zero-order valence-electron chi connectivity index (χ0n) is 19.9. The van der Waals surface area contributed by atoms with Crippen LogP contribution in [0.1, 0.15) is 11.1 Å². The average molecular weight is 522 g/mol. The number of pyridine rings is 1. The van der Waals surface area contributed by atoms with E-state index in [-0.39, 0.29) is 17.4 Å². The van der Waals surface area contributed by atoms with Gasteiger partial charge in [0.05, 0.1) is 31.2 Å². The number of aromatic nitrogens is 1. The molecule has 0 atom stereocenters. The van der Waals surface area contributed by atoms with E-state index in [2.05, 4.69) is 15.6 Å². The molecule has 36 heavy (non-hydrogen) atoms. The van der Waals surface area contributed by atoms with Crippen LogP contribution in [0.2, 0.25) is 5.02 Å². The highest BCUT2D eigenvalue weighted by Crippen LogP contribution is 2.38. The van der Waals surface area contributed by atoms with Crippen molar-refractivity contribution < 1.29 is 19.0 Å². The van der Waals surface area contributed by atoms with Gasteiger partial charge in [-0.3, -0.25) is 9.78 Å². The Labute approximate surface area is 219 Å². The van der Waals surface area contributed by atoms with Gasteiger partial charge in [0, 0.05) is 23.3 Å². The van der Waals surface area contributed by atoms with E-state index in [9.17, 15) is 4.79 Å². The zero-order chi connectivity index (χ0) is 25.7. The number of amides is 1. The predicted octanol–water partition coefficient (Wildman–Crippen LogP) is 6.06. The third-order valence-corrected chi connectivity index (χ3v) is 5.82. The van der Waals surface area contributed by atoms with Gasteiger partial charge in [0.25, 0.3) is 0 Å². The number of nitrogens with one attached hydrogen (secondary N) is 2. The van der Waals surface area contributed by atoms with Crippen LogP contribution in [0.3, 0.4) is 0 Å². The Morgan fingerprint density at radius 2 is 1.75 bits per heavy atom. The number of rotatable bonds is 7. The first-order valence-corrected chi connectivity index (χ1v) is 11.8. The van der Waals surface area contributed by atoms with Gasteiger partial charge in [-0.15, -0.1) is 0 Å². The molecule has 0 saturated carbocycles. The molecule has 1 aromatic heterocycles. The molecular weight excluding hydrogens is 498 g/mol. The summed E-state index contributed by atoms with van der Waals surface area (Å²) in [5, 5.41) is 6.95. The summed E-state index contributed by atoms with van der Waals surface area (Å²) in [6.07, 6.45) is 1.87. The monoisotopic (exact) mass is 521 g/mol. The number of benzene rings is 3. The maximum absolute atomic E-state index is 12.3.